The largest absolute Gasteiger partial charge is 0.463 e. The van der Waals surface area contributed by atoms with Crippen molar-refractivity contribution in [3.63, 3.8) is 0 Å². The summed E-state index contributed by atoms with van der Waals surface area (Å²) in [4.78, 5) is 15.7. The van der Waals surface area contributed by atoms with Crippen LogP contribution in [-0.4, -0.2) is 57.1 Å². The minimum atomic E-state index is -8.26. The first-order valence-electron chi connectivity index (χ1n) is 6.44. The lowest BCUT2D eigenvalue weighted by atomic mass is 10.7. The van der Waals surface area contributed by atoms with Gasteiger partial charge in [0.2, 0.25) is 0 Å². The number of halogens is 20. The van der Waals surface area contributed by atoms with Crippen LogP contribution >= 0.6 is 14.7 Å². The highest BCUT2D eigenvalue weighted by atomic mass is 31.2. The van der Waals surface area contributed by atoms with Crippen LogP contribution in [0.15, 0.2) is 0 Å². The Bertz CT molecular complexity index is 698. The molecule has 0 radical (unpaired) electrons. The summed E-state index contributed by atoms with van der Waals surface area (Å²) in [5.41, 5.74) is -28.3. The normalized spacial score (nSPS) is 15.3. The summed E-state index contributed by atoms with van der Waals surface area (Å²) in [6, 6.07) is 0. The molecule has 0 aliphatic heterocycles. The monoisotopic (exact) mass is 638 g/mol. The van der Waals surface area contributed by atoms with Crippen LogP contribution < -0.4 is 12.3 Å². The molecule has 0 saturated carbocycles. The summed E-state index contributed by atoms with van der Waals surface area (Å²) < 4.78 is 255. The zero-order chi connectivity index (χ0) is 29.0. The van der Waals surface area contributed by atoms with Crippen molar-refractivity contribution in [2.75, 3.05) is 0 Å². The van der Waals surface area contributed by atoms with Crippen LogP contribution in [-0.2, 0) is 9.13 Å². The molecule has 0 aliphatic carbocycles. The van der Waals surface area contributed by atoms with Gasteiger partial charge in [0.1, 0.15) is 0 Å². The second kappa shape index (κ2) is 10.6. The van der Waals surface area contributed by atoms with E-state index in [1.807, 2.05) is 0 Å². The number of rotatable bonds is 4. The van der Waals surface area contributed by atoms with E-state index in [4.69, 9.17) is 9.79 Å². The van der Waals surface area contributed by atoms with Gasteiger partial charge in [-0.15, -0.1) is 0 Å². The predicted octanol–water partition coefficient (Wildman–Crippen LogP) is 7.46. The average molecular weight is 638 g/mol. The molecule has 0 aromatic rings. The molecule has 0 atom stereocenters. The molecule has 8 N–H and O–H groups in total. The first-order chi connectivity index (χ1) is 14.0. The van der Waals surface area contributed by atoms with E-state index in [-0.39, 0.29) is 12.3 Å². The Morgan fingerprint density at radius 2 is 0.417 bits per heavy atom. The highest BCUT2D eigenvalue weighted by molar-refractivity contribution is 7.61. The fourth-order valence-corrected chi connectivity index (χ4v) is 3.12. The summed E-state index contributed by atoms with van der Waals surface area (Å²) in [6.07, 6.45) is -28.1. The Labute approximate surface area is 182 Å². The lowest BCUT2D eigenvalue weighted by Crippen LogP contribution is -2.47. The molecule has 0 spiro atoms. The molecule has 6 nitrogen and oxygen atoms in total. The molecule has 0 fully saturated rings. The topological polar surface area (TPSA) is 145 Å². The van der Waals surface area contributed by atoms with Gasteiger partial charge in [-0.1, -0.05) is 0 Å². The fraction of sp³-hybridized carbons (Fsp3) is 1.00. The van der Waals surface area contributed by atoms with E-state index >= 15 is 0 Å². The lowest BCUT2D eigenvalue weighted by molar-refractivity contribution is -0.271. The van der Waals surface area contributed by atoms with Crippen molar-refractivity contribution < 1.29 is 107 Å². The predicted molar refractivity (Wildman–Crippen MR) is 73.7 cm³/mol. The Morgan fingerprint density at radius 1 is 0.333 bits per heavy atom. The second-order valence-corrected chi connectivity index (χ2v) is 9.86. The summed E-state index contributed by atoms with van der Waals surface area (Å²) in [5.74, 6) is 0. The van der Waals surface area contributed by atoms with E-state index in [2.05, 4.69) is 0 Å². The highest BCUT2D eigenvalue weighted by Crippen LogP contribution is 2.75. The minimum Gasteiger partial charge on any atom is -0.344 e. The molecule has 224 valence electrons. The fourth-order valence-electron chi connectivity index (χ4n) is 1.04. The van der Waals surface area contributed by atoms with Gasteiger partial charge in [-0.25, -0.2) is 0 Å². The standard InChI is InChI=1S/2C4HF10O2P.2H3N/c2*5-1(6,7)3(11,12)17(15,16)4(13,14)2(8,9)10;;/h2*(H,15,16);2*1H3. The smallest absolute Gasteiger partial charge is 0.344 e. The van der Waals surface area contributed by atoms with E-state index < -0.39 is 62.1 Å². The quantitative estimate of drug-likeness (QED) is 0.186. The average Bonchev–Trinajstić information content (AvgIpc) is 2.50. The third-order valence-electron chi connectivity index (χ3n) is 2.89. The van der Waals surface area contributed by atoms with Crippen LogP contribution in [0.4, 0.5) is 87.8 Å². The van der Waals surface area contributed by atoms with Gasteiger partial charge in [-0.3, -0.25) is 9.13 Å². The second-order valence-electron chi connectivity index (χ2n) is 5.31. The van der Waals surface area contributed by atoms with Crippen LogP contribution in [0.2, 0.25) is 0 Å². The van der Waals surface area contributed by atoms with Crippen molar-refractivity contribution in [3.8, 4) is 0 Å². The minimum absolute atomic E-state index is 0. The molecular formula is C8H8F20N2O4P2. The molecule has 36 heavy (non-hydrogen) atoms. The first-order valence-corrected chi connectivity index (χ1v) is 9.76. The maximum Gasteiger partial charge on any atom is 0.463 e. The number of hydrogen-bond acceptors (Lipinski definition) is 4. The van der Waals surface area contributed by atoms with Crippen molar-refractivity contribution in [1.29, 1.82) is 0 Å². The van der Waals surface area contributed by atoms with E-state index in [0.29, 0.717) is 0 Å². The maximum atomic E-state index is 12.1. The Balaban J connectivity index is -0.000000269. The number of hydrogen-bond donors (Lipinski definition) is 4. The summed E-state index contributed by atoms with van der Waals surface area (Å²) >= 11 is 0. The zero-order valence-electron chi connectivity index (χ0n) is 15.6. The van der Waals surface area contributed by atoms with E-state index in [0.717, 1.165) is 0 Å². The molecule has 0 aromatic carbocycles. The molecule has 0 amide bonds. The molecule has 28 heteroatoms. The van der Waals surface area contributed by atoms with Crippen molar-refractivity contribution in [3.05, 3.63) is 0 Å². The summed E-state index contributed by atoms with van der Waals surface area (Å²) in [5, 5.41) is 0. The van der Waals surface area contributed by atoms with Gasteiger partial charge in [0.05, 0.1) is 0 Å². The number of alkyl halides is 20. The molecule has 0 aromatic heterocycles. The lowest BCUT2D eigenvalue weighted by Gasteiger charge is -2.30. The van der Waals surface area contributed by atoms with Gasteiger partial charge < -0.3 is 22.1 Å². The SMILES string of the molecule is N.N.O=P(O)(C(F)(F)C(F)(F)F)C(F)(F)C(F)(F)F.O=P(O)(C(F)(F)C(F)(F)F)C(F)(F)C(F)(F)F. The molecule has 0 aliphatic rings. The molecule has 0 unspecified atom stereocenters. The van der Waals surface area contributed by atoms with Crippen LogP contribution in [0.3, 0.4) is 0 Å². The third-order valence-corrected chi connectivity index (χ3v) is 6.95. The van der Waals surface area contributed by atoms with Gasteiger partial charge in [0.25, 0.3) is 0 Å². The Hall–Kier alpha value is -1.10. The Kier molecular flexibility index (Phi) is 12.3. The third kappa shape index (κ3) is 6.66. The van der Waals surface area contributed by atoms with Gasteiger partial charge in [-0.05, 0) is 0 Å². The van der Waals surface area contributed by atoms with E-state index in [9.17, 15) is 96.9 Å². The van der Waals surface area contributed by atoms with Crippen LogP contribution in [0.5, 0.6) is 0 Å². The van der Waals surface area contributed by atoms with E-state index in [1.165, 1.54) is 0 Å². The Morgan fingerprint density at radius 3 is 0.472 bits per heavy atom. The maximum absolute atomic E-state index is 12.1. The van der Waals surface area contributed by atoms with Crippen molar-refractivity contribution in [2.24, 2.45) is 0 Å². The van der Waals surface area contributed by atoms with Gasteiger partial charge >= 0.3 is 62.1 Å². The van der Waals surface area contributed by atoms with Crippen LogP contribution in [0.1, 0.15) is 0 Å². The van der Waals surface area contributed by atoms with Crippen molar-refractivity contribution in [1.82, 2.24) is 12.3 Å². The molecule has 0 heterocycles. The molecule has 0 rings (SSSR count). The summed E-state index contributed by atoms with van der Waals surface area (Å²) in [7, 11) is -16.5. The first kappa shape index (κ1) is 42.0. The van der Waals surface area contributed by atoms with Crippen LogP contribution in [0, 0.1) is 0 Å². The summed E-state index contributed by atoms with van der Waals surface area (Å²) in [6.45, 7) is 0. The van der Waals surface area contributed by atoms with E-state index in [1.54, 1.807) is 0 Å². The molecule has 0 bridgehead atoms. The zero-order valence-corrected chi connectivity index (χ0v) is 17.4. The van der Waals surface area contributed by atoms with Crippen molar-refractivity contribution in [2.45, 2.75) is 47.4 Å². The van der Waals surface area contributed by atoms with Crippen LogP contribution in [0.25, 0.3) is 0 Å². The van der Waals surface area contributed by atoms with Gasteiger partial charge in [0, 0.05) is 0 Å². The van der Waals surface area contributed by atoms with Crippen molar-refractivity contribution >= 4 is 14.7 Å². The molecular weight excluding hydrogens is 630 g/mol. The van der Waals surface area contributed by atoms with Gasteiger partial charge in [-0.2, -0.15) is 87.8 Å². The highest BCUT2D eigenvalue weighted by Gasteiger charge is 2.85. The van der Waals surface area contributed by atoms with Gasteiger partial charge in [0.15, 0.2) is 0 Å². The molecule has 0 saturated heterocycles.